The van der Waals surface area contributed by atoms with Gasteiger partial charge in [0.25, 0.3) is 0 Å². The first-order chi connectivity index (χ1) is 17.2. The number of benzene rings is 2. The normalized spacial score (nSPS) is 21.1. The molecule has 4 aromatic rings. The van der Waals surface area contributed by atoms with Crippen molar-refractivity contribution in [3.8, 4) is 34.0 Å². The molecule has 8 nitrogen and oxygen atoms in total. The van der Waals surface area contributed by atoms with Gasteiger partial charge in [-0.15, -0.1) is 0 Å². The molecule has 2 saturated heterocycles. The molecule has 3 aliphatic rings. The maximum Gasteiger partial charge on any atom is 0.151 e. The van der Waals surface area contributed by atoms with Crippen LogP contribution in [0.1, 0.15) is 49.4 Å². The Kier molecular flexibility index (Phi) is 4.89. The van der Waals surface area contributed by atoms with Crippen molar-refractivity contribution in [2.75, 3.05) is 25.0 Å². The van der Waals surface area contributed by atoms with E-state index in [1.54, 1.807) is 0 Å². The summed E-state index contributed by atoms with van der Waals surface area (Å²) >= 11 is 0. The van der Waals surface area contributed by atoms with Crippen LogP contribution in [0.5, 0.6) is 11.5 Å². The van der Waals surface area contributed by atoms with Gasteiger partial charge in [0.2, 0.25) is 0 Å². The summed E-state index contributed by atoms with van der Waals surface area (Å²) in [6.45, 7) is 2.11. The molecule has 4 N–H and O–H groups in total. The fraction of sp³-hybridized carbons (Fsp3) is 0.333. The summed E-state index contributed by atoms with van der Waals surface area (Å²) in [5.74, 6) is 3.72. The summed E-state index contributed by atoms with van der Waals surface area (Å²) in [4.78, 5) is 18.5. The van der Waals surface area contributed by atoms with E-state index in [4.69, 9.17) is 4.74 Å². The number of hydrogen-bond acceptors (Lipinski definition) is 6. The van der Waals surface area contributed by atoms with Gasteiger partial charge < -0.3 is 30.2 Å². The summed E-state index contributed by atoms with van der Waals surface area (Å²) in [6, 6.07) is 13.3. The van der Waals surface area contributed by atoms with Gasteiger partial charge in [0.05, 0.1) is 47.2 Å². The lowest BCUT2D eigenvalue weighted by Crippen LogP contribution is -2.15. The average molecular weight is 468 g/mol. The molecular formula is C27H29N7O. The van der Waals surface area contributed by atoms with Crippen LogP contribution in [0.2, 0.25) is 0 Å². The van der Waals surface area contributed by atoms with Gasteiger partial charge in [-0.25, -0.2) is 9.97 Å². The predicted molar refractivity (Wildman–Crippen MR) is 136 cm³/mol. The van der Waals surface area contributed by atoms with Gasteiger partial charge in [-0.2, -0.15) is 0 Å². The molecule has 3 aliphatic heterocycles. The Labute approximate surface area is 204 Å². The van der Waals surface area contributed by atoms with E-state index in [0.717, 1.165) is 83.0 Å². The van der Waals surface area contributed by atoms with E-state index in [1.165, 1.54) is 12.8 Å². The van der Waals surface area contributed by atoms with Crippen LogP contribution in [0, 0.1) is 0 Å². The molecule has 2 atom stereocenters. The number of aromatic amines is 2. The van der Waals surface area contributed by atoms with Crippen LogP contribution in [0.4, 0.5) is 11.4 Å². The molecule has 0 bridgehead atoms. The van der Waals surface area contributed by atoms with Crippen molar-refractivity contribution in [1.29, 1.82) is 0 Å². The Morgan fingerprint density at radius 1 is 0.771 bits per heavy atom. The van der Waals surface area contributed by atoms with Crippen molar-refractivity contribution in [1.82, 2.24) is 30.6 Å². The first-order valence-corrected chi connectivity index (χ1v) is 12.5. The zero-order chi connectivity index (χ0) is 23.4. The van der Waals surface area contributed by atoms with E-state index < -0.39 is 0 Å². The molecule has 5 heterocycles. The molecule has 2 unspecified atom stereocenters. The third-order valence-electron chi connectivity index (χ3n) is 7.46. The summed E-state index contributed by atoms with van der Waals surface area (Å²) in [5, 5.41) is 7.01. The fourth-order valence-electron chi connectivity index (χ4n) is 5.48. The lowest BCUT2D eigenvalue weighted by atomic mass is 10.1. The van der Waals surface area contributed by atoms with Crippen LogP contribution in [0.25, 0.3) is 22.5 Å². The average Bonchev–Trinajstić information content (AvgIpc) is 3.70. The van der Waals surface area contributed by atoms with E-state index in [-0.39, 0.29) is 0 Å². The zero-order valence-corrected chi connectivity index (χ0v) is 19.8. The van der Waals surface area contributed by atoms with Crippen molar-refractivity contribution >= 4 is 11.4 Å². The summed E-state index contributed by atoms with van der Waals surface area (Å²) in [5.41, 5.74) is 6.28. The van der Waals surface area contributed by atoms with Gasteiger partial charge in [0, 0.05) is 18.2 Å². The Bertz CT molecular complexity index is 1380. The molecule has 35 heavy (non-hydrogen) atoms. The minimum atomic E-state index is 0.324. The van der Waals surface area contributed by atoms with E-state index in [1.807, 2.05) is 18.5 Å². The Morgan fingerprint density at radius 3 is 2.03 bits per heavy atom. The van der Waals surface area contributed by atoms with Crippen molar-refractivity contribution in [2.45, 2.75) is 37.8 Å². The van der Waals surface area contributed by atoms with Crippen LogP contribution in [0.15, 0.2) is 48.8 Å². The smallest absolute Gasteiger partial charge is 0.151 e. The third-order valence-corrected chi connectivity index (χ3v) is 7.46. The molecule has 178 valence electrons. The number of rotatable bonds is 4. The Balaban J connectivity index is 1.16. The molecule has 2 aromatic carbocycles. The molecule has 2 aromatic heterocycles. The maximum atomic E-state index is 6.37. The number of H-pyrrole nitrogens is 2. The van der Waals surface area contributed by atoms with Gasteiger partial charge in [-0.3, -0.25) is 0 Å². The minimum Gasteiger partial charge on any atom is -0.453 e. The quantitative estimate of drug-likeness (QED) is 0.330. The van der Waals surface area contributed by atoms with Crippen molar-refractivity contribution in [3.05, 3.63) is 60.4 Å². The van der Waals surface area contributed by atoms with Crippen LogP contribution in [-0.2, 0) is 0 Å². The van der Waals surface area contributed by atoms with Crippen LogP contribution in [-0.4, -0.2) is 40.1 Å². The van der Waals surface area contributed by atoms with Crippen LogP contribution in [0.3, 0.4) is 0 Å². The summed E-state index contributed by atoms with van der Waals surface area (Å²) in [6.07, 6.45) is 8.50. The lowest BCUT2D eigenvalue weighted by Gasteiger charge is -2.30. The standard InChI is InChI=1S/C27H29N7O/c1-34-22-8-6-17(21-15-31-27(33-21)19-5-3-11-29-19)13-25(22)35-24-9-7-16(12-23(24)34)20-14-30-26(32-20)18-4-2-10-28-18/h6-9,12-15,18-19,28-29H,2-5,10-11H2,1H3,(H,30,32)(H,31,33). The van der Waals surface area contributed by atoms with Gasteiger partial charge in [0.15, 0.2) is 11.5 Å². The zero-order valence-electron chi connectivity index (χ0n) is 19.8. The van der Waals surface area contributed by atoms with Crippen molar-refractivity contribution in [2.24, 2.45) is 0 Å². The maximum absolute atomic E-state index is 6.37. The molecular weight excluding hydrogens is 438 g/mol. The summed E-state index contributed by atoms with van der Waals surface area (Å²) in [7, 11) is 2.09. The monoisotopic (exact) mass is 467 g/mol. The SMILES string of the molecule is CN1c2ccc(-c3cnc(C4CCCN4)[nH]3)cc2Oc2ccc(-c3cnc(C4CCCN4)[nH]3)cc21. The first-order valence-electron chi connectivity index (χ1n) is 12.5. The number of imidazole rings is 2. The first kappa shape index (κ1) is 20.7. The highest BCUT2D eigenvalue weighted by molar-refractivity contribution is 5.82. The molecule has 0 amide bonds. The molecule has 0 spiro atoms. The molecule has 0 aliphatic carbocycles. The highest BCUT2D eigenvalue weighted by Gasteiger charge is 2.25. The summed E-state index contributed by atoms with van der Waals surface area (Å²) < 4.78 is 6.37. The number of nitrogens with one attached hydrogen (secondary N) is 4. The topological polar surface area (TPSA) is 93.9 Å². The van der Waals surface area contributed by atoms with Crippen molar-refractivity contribution in [3.63, 3.8) is 0 Å². The number of nitrogens with zero attached hydrogens (tertiary/aromatic N) is 3. The second kappa shape index (κ2) is 8.25. The highest BCUT2D eigenvalue weighted by Crippen LogP contribution is 2.48. The highest BCUT2D eigenvalue weighted by atomic mass is 16.5. The lowest BCUT2D eigenvalue weighted by molar-refractivity contribution is 0.476. The van der Waals surface area contributed by atoms with E-state index >= 15 is 0 Å². The number of anilines is 2. The minimum absolute atomic E-state index is 0.324. The molecule has 2 fully saturated rings. The van der Waals surface area contributed by atoms with E-state index in [0.29, 0.717) is 12.1 Å². The van der Waals surface area contributed by atoms with Crippen LogP contribution < -0.4 is 20.3 Å². The number of hydrogen-bond donors (Lipinski definition) is 4. The molecule has 0 saturated carbocycles. The predicted octanol–water partition coefficient (Wildman–Crippen LogP) is 5.19. The van der Waals surface area contributed by atoms with Gasteiger partial charge >= 0.3 is 0 Å². The Morgan fingerprint density at radius 2 is 1.40 bits per heavy atom. The van der Waals surface area contributed by atoms with Gasteiger partial charge in [0.1, 0.15) is 11.6 Å². The molecule has 8 heteroatoms. The molecule has 7 rings (SSSR count). The second-order valence-corrected chi connectivity index (χ2v) is 9.69. The second-order valence-electron chi connectivity index (χ2n) is 9.69. The van der Waals surface area contributed by atoms with E-state index in [2.05, 4.69) is 72.8 Å². The van der Waals surface area contributed by atoms with Gasteiger partial charge in [-0.1, -0.05) is 6.07 Å². The molecule has 0 radical (unpaired) electrons. The van der Waals surface area contributed by atoms with Crippen molar-refractivity contribution < 1.29 is 4.74 Å². The number of fused-ring (bicyclic) bond motifs is 2. The largest absolute Gasteiger partial charge is 0.453 e. The number of ether oxygens (including phenoxy) is 1. The fourth-order valence-corrected chi connectivity index (χ4v) is 5.48. The number of aromatic nitrogens is 4. The van der Waals surface area contributed by atoms with E-state index in [9.17, 15) is 0 Å². The van der Waals surface area contributed by atoms with Gasteiger partial charge in [-0.05, 0) is 69.1 Å². The van der Waals surface area contributed by atoms with Crippen LogP contribution >= 0.6 is 0 Å². The Hall–Kier alpha value is -3.62. The third kappa shape index (κ3) is 3.61.